The van der Waals surface area contributed by atoms with Crippen molar-refractivity contribution in [3.05, 3.63) is 59.7 Å². The number of urea groups is 1. The molecule has 0 saturated carbocycles. The second-order valence-corrected chi connectivity index (χ2v) is 5.72. The number of amides is 2. The van der Waals surface area contributed by atoms with Crippen molar-refractivity contribution in [1.29, 1.82) is 0 Å². The zero-order valence-corrected chi connectivity index (χ0v) is 14.8. The van der Waals surface area contributed by atoms with Crippen molar-refractivity contribution in [2.24, 2.45) is 0 Å². The highest BCUT2D eigenvalue weighted by atomic mass is 16.5. The van der Waals surface area contributed by atoms with Gasteiger partial charge in [-0.3, -0.25) is 0 Å². The van der Waals surface area contributed by atoms with E-state index in [1.807, 2.05) is 44.2 Å². The first-order chi connectivity index (χ1) is 12.7. The fourth-order valence-corrected chi connectivity index (χ4v) is 2.53. The van der Waals surface area contributed by atoms with Crippen molar-refractivity contribution in [3.63, 3.8) is 0 Å². The van der Waals surface area contributed by atoms with Crippen molar-refractivity contribution in [2.75, 3.05) is 6.61 Å². The highest BCUT2D eigenvalue weighted by molar-refractivity contribution is 5.80. The van der Waals surface area contributed by atoms with Gasteiger partial charge < -0.3 is 15.4 Å². The molecule has 3 rings (SSSR count). The molecule has 0 aliphatic carbocycles. The summed E-state index contributed by atoms with van der Waals surface area (Å²) in [6.07, 6.45) is 1.68. The molecule has 7 nitrogen and oxygen atoms in total. The Labute approximate surface area is 151 Å². The monoisotopic (exact) mass is 351 g/mol. The minimum atomic E-state index is -0.284. The van der Waals surface area contributed by atoms with Crippen molar-refractivity contribution < 1.29 is 9.53 Å². The molecule has 0 atom stereocenters. The Bertz CT molecular complexity index is 896. The number of aryl methyl sites for hydroxylation is 1. The number of aromatic nitrogens is 3. The van der Waals surface area contributed by atoms with E-state index in [4.69, 9.17) is 4.74 Å². The maximum absolute atomic E-state index is 12.0. The van der Waals surface area contributed by atoms with Crippen LogP contribution in [0.25, 0.3) is 10.9 Å². The number of para-hydroxylation sites is 1. The molecule has 0 fully saturated rings. The maximum atomic E-state index is 12.0. The molecule has 134 valence electrons. The lowest BCUT2D eigenvalue weighted by atomic mass is 10.2. The average Bonchev–Trinajstić information content (AvgIpc) is 2.66. The van der Waals surface area contributed by atoms with E-state index >= 15 is 0 Å². The summed E-state index contributed by atoms with van der Waals surface area (Å²) in [5.41, 5.74) is 2.66. The van der Waals surface area contributed by atoms with Gasteiger partial charge in [-0.1, -0.05) is 24.3 Å². The van der Waals surface area contributed by atoms with Gasteiger partial charge in [0.25, 0.3) is 0 Å². The topological polar surface area (TPSA) is 89.0 Å². The molecule has 2 N–H and O–H groups in total. The molecular formula is C19H21N5O2. The number of carbonyl (C=O) groups excluding carboxylic acids is 1. The van der Waals surface area contributed by atoms with Gasteiger partial charge in [0.05, 0.1) is 18.7 Å². The summed E-state index contributed by atoms with van der Waals surface area (Å²) < 4.78 is 5.29. The van der Waals surface area contributed by atoms with Crippen LogP contribution in [0, 0.1) is 6.92 Å². The molecule has 3 aromatic rings. The van der Waals surface area contributed by atoms with Gasteiger partial charge in [-0.15, -0.1) is 0 Å². The largest absolute Gasteiger partial charge is 0.478 e. The molecule has 1 aromatic carbocycles. The number of nitrogens with one attached hydrogen (secondary N) is 2. The van der Waals surface area contributed by atoms with E-state index in [-0.39, 0.29) is 12.6 Å². The average molecular weight is 351 g/mol. The molecular weight excluding hydrogens is 330 g/mol. The van der Waals surface area contributed by atoms with E-state index < -0.39 is 0 Å². The third-order valence-corrected chi connectivity index (χ3v) is 3.79. The first kappa shape index (κ1) is 17.6. The predicted molar refractivity (Wildman–Crippen MR) is 98.8 cm³/mol. The van der Waals surface area contributed by atoms with Gasteiger partial charge in [-0.25, -0.2) is 19.7 Å². The van der Waals surface area contributed by atoms with Gasteiger partial charge in [0, 0.05) is 29.9 Å². The fraction of sp³-hybridized carbons (Fsp3) is 0.263. The molecule has 0 unspecified atom stereocenters. The Balaban J connectivity index is 1.52. The van der Waals surface area contributed by atoms with Crippen LogP contribution in [0.1, 0.15) is 24.0 Å². The Morgan fingerprint density at radius 2 is 1.88 bits per heavy atom. The molecule has 0 spiro atoms. The lowest BCUT2D eigenvalue weighted by Crippen LogP contribution is -2.35. The summed E-state index contributed by atoms with van der Waals surface area (Å²) in [4.78, 5) is 25.1. The number of fused-ring (bicyclic) bond motifs is 1. The Morgan fingerprint density at radius 1 is 1.08 bits per heavy atom. The SMILES string of the molecule is CCOc1ccc(CNC(=O)NCc2nc(C)c3ccccc3n2)cn1. The number of carbonyl (C=O) groups is 1. The van der Waals surface area contributed by atoms with Crippen LogP contribution in [0.2, 0.25) is 0 Å². The van der Waals surface area contributed by atoms with Crippen molar-refractivity contribution in [2.45, 2.75) is 26.9 Å². The van der Waals surface area contributed by atoms with Crippen molar-refractivity contribution in [3.8, 4) is 5.88 Å². The second kappa shape index (κ2) is 8.24. The lowest BCUT2D eigenvalue weighted by molar-refractivity contribution is 0.240. The number of rotatable bonds is 6. The molecule has 7 heteroatoms. The van der Waals surface area contributed by atoms with Crippen LogP contribution in [0.4, 0.5) is 4.79 Å². The number of hydrogen-bond acceptors (Lipinski definition) is 5. The number of pyridine rings is 1. The number of nitrogens with zero attached hydrogens (tertiary/aromatic N) is 3. The first-order valence-corrected chi connectivity index (χ1v) is 8.47. The highest BCUT2D eigenvalue weighted by Crippen LogP contribution is 2.14. The van der Waals surface area contributed by atoms with Gasteiger partial charge in [-0.05, 0) is 25.5 Å². The van der Waals surface area contributed by atoms with Crippen LogP contribution in [0.3, 0.4) is 0 Å². The Kier molecular flexibility index (Phi) is 5.58. The summed E-state index contributed by atoms with van der Waals surface area (Å²) >= 11 is 0. The summed E-state index contributed by atoms with van der Waals surface area (Å²) in [5.74, 6) is 1.16. The standard InChI is InChI=1S/C19H21N5O2/c1-3-26-18-9-8-14(10-20-18)11-21-19(25)22-12-17-23-13(2)15-6-4-5-7-16(15)24-17/h4-10H,3,11-12H2,1-2H3,(H2,21,22,25). The van der Waals surface area contributed by atoms with Crippen LogP contribution in [-0.2, 0) is 13.1 Å². The highest BCUT2D eigenvalue weighted by Gasteiger charge is 2.06. The van der Waals surface area contributed by atoms with Crippen molar-refractivity contribution in [1.82, 2.24) is 25.6 Å². The number of ether oxygens (including phenoxy) is 1. The smallest absolute Gasteiger partial charge is 0.315 e. The van der Waals surface area contributed by atoms with Crippen LogP contribution in [-0.4, -0.2) is 27.6 Å². The van der Waals surface area contributed by atoms with Crippen LogP contribution < -0.4 is 15.4 Å². The van der Waals surface area contributed by atoms with Gasteiger partial charge in [-0.2, -0.15) is 0 Å². The van der Waals surface area contributed by atoms with E-state index in [0.29, 0.717) is 24.9 Å². The number of benzene rings is 1. The predicted octanol–water partition coefficient (Wildman–Crippen LogP) is 2.73. The van der Waals surface area contributed by atoms with Crippen LogP contribution in [0.15, 0.2) is 42.6 Å². The van der Waals surface area contributed by atoms with Gasteiger partial charge >= 0.3 is 6.03 Å². The second-order valence-electron chi connectivity index (χ2n) is 5.72. The quantitative estimate of drug-likeness (QED) is 0.713. The summed E-state index contributed by atoms with van der Waals surface area (Å²) in [6.45, 7) is 5.06. The molecule has 0 aliphatic rings. The molecule has 2 aromatic heterocycles. The van der Waals surface area contributed by atoms with E-state index in [2.05, 4.69) is 25.6 Å². The lowest BCUT2D eigenvalue weighted by Gasteiger charge is -2.09. The first-order valence-electron chi connectivity index (χ1n) is 8.47. The molecule has 26 heavy (non-hydrogen) atoms. The van der Waals surface area contributed by atoms with E-state index in [1.54, 1.807) is 12.3 Å². The van der Waals surface area contributed by atoms with E-state index in [0.717, 1.165) is 22.2 Å². The van der Waals surface area contributed by atoms with Gasteiger partial charge in [0.2, 0.25) is 5.88 Å². The molecule has 0 saturated heterocycles. The molecule has 0 radical (unpaired) electrons. The molecule has 2 heterocycles. The summed E-state index contributed by atoms with van der Waals surface area (Å²) in [5, 5.41) is 6.58. The maximum Gasteiger partial charge on any atom is 0.315 e. The van der Waals surface area contributed by atoms with Crippen LogP contribution >= 0.6 is 0 Å². The number of hydrogen-bond donors (Lipinski definition) is 2. The normalized spacial score (nSPS) is 10.5. The van der Waals surface area contributed by atoms with Gasteiger partial charge in [0.1, 0.15) is 5.82 Å². The summed E-state index contributed by atoms with van der Waals surface area (Å²) in [6, 6.07) is 11.2. The Morgan fingerprint density at radius 3 is 2.65 bits per heavy atom. The Hall–Kier alpha value is -3.22. The fourth-order valence-electron chi connectivity index (χ4n) is 2.53. The third kappa shape index (κ3) is 4.44. The van der Waals surface area contributed by atoms with E-state index in [9.17, 15) is 4.79 Å². The van der Waals surface area contributed by atoms with Crippen molar-refractivity contribution >= 4 is 16.9 Å². The molecule has 0 bridgehead atoms. The molecule has 0 aliphatic heterocycles. The zero-order valence-electron chi connectivity index (χ0n) is 14.8. The zero-order chi connectivity index (χ0) is 18.4. The summed E-state index contributed by atoms with van der Waals surface area (Å²) in [7, 11) is 0. The molecule has 2 amide bonds. The minimum absolute atomic E-state index is 0.263. The van der Waals surface area contributed by atoms with Gasteiger partial charge in [0.15, 0.2) is 0 Å². The minimum Gasteiger partial charge on any atom is -0.478 e. The van der Waals surface area contributed by atoms with Crippen LogP contribution in [0.5, 0.6) is 5.88 Å². The van der Waals surface area contributed by atoms with E-state index in [1.165, 1.54) is 0 Å². The third-order valence-electron chi connectivity index (χ3n) is 3.79.